The Morgan fingerprint density at radius 2 is 1.46 bits per heavy atom. The second-order valence-corrected chi connectivity index (χ2v) is 11.9. The number of alkyl halides is 2. The molecule has 0 aromatic rings. The minimum atomic E-state index is -3.40. The molecule has 1 heterocycles. The maximum Gasteiger partial charge on any atom is 0.343 e. The number of nitrogens with one attached hydrogen (secondary N) is 1. The van der Waals surface area contributed by atoms with Crippen molar-refractivity contribution in [3.8, 4) is 0 Å². The summed E-state index contributed by atoms with van der Waals surface area (Å²) in [5.41, 5.74) is 0. The number of halogens is 2. The van der Waals surface area contributed by atoms with Crippen LogP contribution in [0.1, 0.15) is 19.3 Å². The van der Waals surface area contributed by atoms with Crippen molar-refractivity contribution in [1.29, 1.82) is 0 Å². The van der Waals surface area contributed by atoms with Crippen LogP contribution in [0.5, 0.6) is 0 Å². The molecule has 0 aliphatic carbocycles. The third kappa shape index (κ3) is 15.4. The van der Waals surface area contributed by atoms with E-state index in [4.69, 9.17) is 27.7 Å². The van der Waals surface area contributed by atoms with Crippen LogP contribution in [0.3, 0.4) is 0 Å². The van der Waals surface area contributed by atoms with Crippen LogP contribution >= 0.6 is 30.9 Å². The first-order valence-electron chi connectivity index (χ1n) is 8.49. The average Bonchev–Trinajstić information content (AvgIpc) is 2.57. The van der Waals surface area contributed by atoms with E-state index in [2.05, 4.69) is 13.5 Å². The topological polar surface area (TPSA) is 128 Å². The lowest BCUT2D eigenvalue weighted by Crippen LogP contribution is -2.35. The summed E-state index contributed by atoms with van der Waals surface area (Å²) in [7, 11) is -9.64. The predicted octanol–water partition coefficient (Wildman–Crippen LogP) is 1.60. The summed E-state index contributed by atoms with van der Waals surface area (Å²) in [5, 5.41) is 2.91. The summed E-state index contributed by atoms with van der Waals surface area (Å²) in [6.45, 7) is 2.40. The first-order valence-corrected chi connectivity index (χ1v) is 14.8. The predicted molar refractivity (Wildman–Crippen MR) is 110 cm³/mol. The normalized spacial score (nSPS) is 20.6. The molecular weight excluding hydrogens is 478 g/mol. The second kappa shape index (κ2) is 14.5. The van der Waals surface area contributed by atoms with Gasteiger partial charge in [0.15, 0.2) is 0 Å². The Morgan fingerprint density at radius 1 is 1.00 bits per heavy atom. The molecule has 1 N–H and O–H groups in total. The lowest BCUT2D eigenvalue weighted by Gasteiger charge is -2.33. The zero-order valence-corrected chi connectivity index (χ0v) is 20.1. The van der Waals surface area contributed by atoms with Crippen molar-refractivity contribution in [3.63, 3.8) is 0 Å². The number of nitrogens with zero attached hydrogens (tertiary/aromatic N) is 1. The third-order valence-electron chi connectivity index (χ3n) is 3.09. The van der Waals surface area contributed by atoms with Gasteiger partial charge < -0.3 is 4.52 Å². The highest BCUT2D eigenvalue weighted by molar-refractivity contribution is 7.86. The zero-order chi connectivity index (χ0) is 21.7. The molecule has 1 aliphatic rings. The molecular formula is C13H29Cl2N2O8PS2. The summed E-state index contributed by atoms with van der Waals surface area (Å²) in [4.78, 5) is 0. The number of rotatable bonds is 12. The van der Waals surface area contributed by atoms with Crippen LogP contribution in [-0.4, -0.2) is 85.2 Å². The van der Waals surface area contributed by atoms with Crippen LogP contribution in [0.2, 0.25) is 0 Å². The van der Waals surface area contributed by atoms with Crippen molar-refractivity contribution in [3.05, 3.63) is 0 Å². The maximum atomic E-state index is 12.2. The molecule has 1 fully saturated rings. The van der Waals surface area contributed by atoms with Gasteiger partial charge in [0.1, 0.15) is 0 Å². The van der Waals surface area contributed by atoms with Gasteiger partial charge in [-0.25, -0.2) is 9.76 Å². The van der Waals surface area contributed by atoms with E-state index in [9.17, 15) is 21.4 Å². The van der Waals surface area contributed by atoms with Gasteiger partial charge in [-0.05, 0) is 19.3 Å². The van der Waals surface area contributed by atoms with Gasteiger partial charge >= 0.3 is 7.67 Å². The molecule has 0 saturated carbocycles. The van der Waals surface area contributed by atoms with E-state index in [1.54, 1.807) is 4.67 Å². The van der Waals surface area contributed by atoms with Crippen molar-refractivity contribution < 1.29 is 34.3 Å². The number of hydrogen-bond donors (Lipinski definition) is 1. The minimum Gasteiger partial charge on any atom is -0.306 e. The lowest BCUT2D eigenvalue weighted by atomic mass is 10.3. The van der Waals surface area contributed by atoms with E-state index in [1.165, 1.54) is 0 Å². The van der Waals surface area contributed by atoms with Gasteiger partial charge in [-0.1, -0.05) is 0 Å². The van der Waals surface area contributed by atoms with Gasteiger partial charge in [-0.15, -0.1) is 23.2 Å². The highest BCUT2D eigenvalue weighted by Gasteiger charge is 2.32. The van der Waals surface area contributed by atoms with E-state index in [1.807, 2.05) is 0 Å². The van der Waals surface area contributed by atoms with Crippen LogP contribution in [0.4, 0.5) is 0 Å². The minimum absolute atomic E-state index is 0.0476. The molecule has 0 spiro atoms. The number of unbranched alkanes of at least 4 members (excludes halogenated alkanes) is 1. The van der Waals surface area contributed by atoms with Crippen molar-refractivity contribution in [2.24, 2.45) is 0 Å². The quantitative estimate of drug-likeness (QED) is 0.180. The van der Waals surface area contributed by atoms with Gasteiger partial charge in [0, 0.05) is 31.4 Å². The van der Waals surface area contributed by atoms with Crippen molar-refractivity contribution in [1.82, 2.24) is 9.76 Å². The number of hydrogen-bond acceptors (Lipinski definition) is 8. The van der Waals surface area contributed by atoms with Crippen LogP contribution in [0, 0.1) is 0 Å². The molecule has 1 saturated heterocycles. The molecule has 28 heavy (non-hydrogen) atoms. The first-order chi connectivity index (χ1) is 12.9. The highest BCUT2D eigenvalue weighted by Crippen LogP contribution is 2.48. The summed E-state index contributed by atoms with van der Waals surface area (Å²) >= 11 is 11.2. The molecule has 170 valence electrons. The second-order valence-electron chi connectivity index (χ2n) is 5.71. The molecule has 1 atom stereocenters. The van der Waals surface area contributed by atoms with Gasteiger partial charge in [0.25, 0.3) is 20.2 Å². The molecule has 0 bridgehead atoms. The summed E-state index contributed by atoms with van der Waals surface area (Å²) < 4.78 is 69.9. The molecule has 15 heteroatoms. The summed E-state index contributed by atoms with van der Waals surface area (Å²) in [5.74, 6) is 0.845. The van der Waals surface area contributed by atoms with Gasteiger partial charge in [0.05, 0.1) is 32.3 Å². The Kier molecular flexibility index (Phi) is 14.8. The van der Waals surface area contributed by atoms with Crippen LogP contribution in [0.25, 0.3) is 0 Å². The molecule has 0 radical (unpaired) electrons. The Balaban J connectivity index is 0.000000521. The maximum absolute atomic E-state index is 12.2. The van der Waals surface area contributed by atoms with Gasteiger partial charge in [0.2, 0.25) is 0 Å². The lowest BCUT2D eigenvalue weighted by molar-refractivity contribution is 0.233. The fourth-order valence-electron chi connectivity index (χ4n) is 1.90. The fraction of sp³-hybridized carbons (Fsp3) is 1.00. The molecule has 1 unspecified atom stereocenters. The van der Waals surface area contributed by atoms with Crippen LogP contribution < -0.4 is 5.09 Å². The molecule has 0 amide bonds. The average molecular weight is 507 g/mol. The standard InChI is InChI=1S/C7H15Cl2N2O2P.C6H14O6S2/c8-2-5-11(6-3-9)14(12)10-4-1-7-13-14;1-13(7,8)11-5-3-4-6-12-14(2,9)10/h1-7H2,(H,10,12);3-6H2,1-2H3. The summed E-state index contributed by atoms with van der Waals surface area (Å²) in [6, 6.07) is 0. The first kappa shape index (κ1) is 28.5. The van der Waals surface area contributed by atoms with E-state index in [0.29, 0.717) is 44.3 Å². The van der Waals surface area contributed by atoms with E-state index in [0.717, 1.165) is 25.5 Å². The Morgan fingerprint density at radius 3 is 1.79 bits per heavy atom. The summed E-state index contributed by atoms with van der Waals surface area (Å²) in [6.07, 6.45) is 3.67. The van der Waals surface area contributed by atoms with E-state index < -0.39 is 27.9 Å². The van der Waals surface area contributed by atoms with E-state index in [-0.39, 0.29) is 13.2 Å². The molecule has 0 aromatic heterocycles. The molecule has 1 rings (SSSR count). The molecule has 0 aromatic carbocycles. The van der Waals surface area contributed by atoms with Gasteiger partial charge in [-0.3, -0.25) is 12.9 Å². The fourth-order valence-corrected chi connectivity index (χ4v) is 5.39. The smallest absolute Gasteiger partial charge is 0.306 e. The highest BCUT2D eigenvalue weighted by atomic mass is 35.5. The molecule has 10 nitrogen and oxygen atoms in total. The van der Waals surface area contributed by atoms with Crippen LogP contribution in [0.15, 0.2) is 0 Å². The Hall–Kier alpha value is 0.510. The third-order valence-corrected chi connectivity index (χ3v) is 6.92. The largest absolute Gasteiger partial charge is 0.343 e. The van der Waals surface area contributed by atoms with Crippen molar-refractivity contribution in [2.45, 2.75) is 19.3 Å². The van der Waals surface area contributed by atoms with Gasteiger partial charge in [-0.2, -0.15) is 16.8 Å². The van der Waals surface area contributed by atoms with Crippen molar-refractivity contribution >= 4 is 51.1 Å². The monoisotopic (exact) mass is 506 g/mol. The molecule has 1 aliphatic heterocycles. The van der Waals surface area contributed by atoms with E-state index >= 15 is 0 Å². The van der Waals surface area contributed by atoms with Crippen molar-refractivity contribution in [2.75, 3.05) is 63.7 Å². The van der Waals surface area contributed by atoms with Crippen LogP contribution in [-0.2, 0) is 37.7 Å². The Bertz CT molecular complexity index is 626. The SMILES string of the molecule is CS(=O)(=O)OCCCCOS(C)(=O)=O.O=P1(N(CCCl)CCCl)NCCCO1. The Labute approximate surface area is 178 Å². The zero-order valence-electron chi connectivity index (χ0n) is 16.0.